The van der Waals surface area contributed by atoms with Gasteiger partial charge in [0.2, 0.25) is 5.91 Å². The molecule has 0 spiro atoms. The molecule has 2 aromatic heterocycles. The van der Waals surface area contributed by atoms with Crippen LogP contribution >= 0.6 is 0 Å². The smallest absolute Gasteiger partial charge is 0.228 e. The number of furan rings is 1. The van der Waals surface area contributed by atoms with Gasteiger partial charge in [-0.25, -0.2) is 4.98 Å². The Hall–Kier alpha value is -2.30. The van der Waals surface area contributed by atoms with Gasteiger partial charge in [-0.05, 0) is 37.1 Å². The number of amides is 1. The number of anilines is 2. The highest BCUT2D eigenvalue weighted by Crippen LogP contribution is 2.14. The van der Waals surface area contributed by atoms with Gasteiger partial charge in [0.1, 0.15) is 11.6 Å². The Bertz CT molecular complexity index is 545. The topological polar surface area (TPSA) is 67.2 Å². The number of carbonyl (C=O) groups is 1. The van der Waals surface area contributed by atoms with E-state index in [-0.39, 0.29) is 11.8 Å². The van der Waals surface area contributed by atoms with E-state index in [0.29, 0.717) is 12.4 Å². The zero-order chi connectivity index (χ0) is 15.1. The molecule has 0 aliphatic rings. The quantitative estimate of drug-likeness (QED) is 0.815. The molecule has 0 atom stereocenters. The van der Waals surface area contributed by atoms with Gasteiger partial charge in [0, 0.05) is 5.92 Å². The summed E-state index contributed by atoms with van der Waals surface area (Å²) < 4.78 is 5.24. The molecule has 0 saturated carbocycles. The number of pyridine rings is 1. The summed E-state index contributed by atoms with van der Waals surface area (Å²) >= 11 is 0. The van der Waals surface area contributed by atoms with Gasteiger partial charge in [-0.2, -0.15) is 0 Å². The van der Waals surface area contributed by atoms with Crippen LogP contribution in [0.5, 0.6) is 0 Å². The van der Waals surface area contributed by atoms with Crippen molar-refractivity contribution in [1.82, 2.24) is 4.98 Å². The number of nitrogens with zero attached hydrogens (tertiary/aromatic N) is 1. The second-order valence-electron chi connectivity index (χ2n) is 4.87. The third-order valence-corrected chi connectivity index (χ3v) is 3.42. The minimum absolute atomic E-state index is 0.0313. The van der Waals surface area contributed by atoms with Crippen LogP contribution in [0.25, 0.3) is 0 Å². The first kappa shape index (κ1) is 15.1. The zero-order valence-electron chi connectivity index (χ0n) is 12.4. The van der Waals surface area contributed by atoms with Crippen LogP contribution in [0.4, 0.5) is 11.5 Å². The molecular formula is C16H21N3O2. The summed E-state index contributed by atoms with van der Waals surface area (Å²) in [5, 5.41) is 6.05. The van der Waals surface area contributed by atoms with E-state index in [0.717, 1.165) is 24.3 Å². The van der Waals surface area contributed by atoms with Crippen molar-refractivity contribution in [3.8, 4) is 0 Å². The van der Waals surface area contributed by atoms with Crippen LogP contribution in [0.1, 0.15) is 32.4 Å². The van der Waals surface area contributed by atoms with Crippen LogP contribution in [-0.4, -0.2) is 10.9 Å². The van der Waals surface area contributed by atoms with E-state index in [1.54, 1.807) is 18.5 Å². The van der Waals surface area contributed by atoms with Gasteiger partial charge in [-0.3, -0.25) is 4.79 Å². The van der Waals surface area contributed by atoms with Crippen molar-refractivity contribution in [1.29, 1.82) is 0 Å². The van der Waals surface area contributed by atoms with Crippen molar-refractivity contribution in [2.75, 3.05) is 10.6 Å². The SMILES string of the molecule is CCC(CC)C(=O)Nc1ccc(NCc2ccco2)cn1. The van der Waals surface area contributed by atoms with E-state index in [9.17, 15) is 4.79 Å². The van der Waals surface area contributed by atoms with Crippen LogP contribution in [0, 0.1) is 5.92 Å². The fraction of sp³-hybridized carbons (Fsp3) is 0.375. The minimum atomic E-state index is 0.0313. The Balaban J connectivity index is 1.88. The molecule has 5 heteroatoms. The Labute approximate surface area is 124 Å². The number of rotatable bonds is 7. The standard InChI is InChI=1S/C16H21N3O2/c1-3-12(4-2)16(20)19-15-8-7-13(10-18-15)17-11-14-6-5-9-21-14/h5-10,12,17H,3-4,11H2,1-2H3,(H,18,19,20). The average Bonchev–Trinajstić information content (AvgIpc) is 3.01. The predicted octanol–water partition coefficient (Wildman–Crippen LogP) is 3.66. The van der Waals surface area contributed by atoms with E-state index in [2.05, 4.69) is 15.6 Å². The number of aromatic nitrogens is 1. The van der Waals surface area contributed by atoms with Crippen molar-refractivity contribution < 1.29 is 9.21 Å². The molecule has 0 aliphatic heterocycles. The molecule has 2 rings (SSSR count). The molecule has 0 aliphatic carbocycles. The Kier molecular flexibility index (Phi) is 5.37. The first-order valence-electron chi connectivity index (χ1n) is 7.26. The van der Waals surface area contributed by atoms with Gasteiger partial charge < -0.3 is 15.1 Å². The van der Waals surface area contributed by atoms with Crippen LogP contribution in [0.2, 0.25) is 0 Å². The largest absolute Gasteiger partial charge is 0.467 e. The summed E-state index contributed by atoms with van der Waals surface area (Å²) in [5.74, 6) is 1.52. The Morgan fingerprint density at radius 3 is 2.67 bits per heavy atom. The molecular weight excluding hydrogens is 266 g/mol. The lowest BCUT2D eigenvalue weighted by Crippen LogP contribution is -2.22. The molecule has 2 aromatic rings. The summed E-state index contributed by atoms with van der Waals surface area (Å²) in [6.45, 7) is 4.64. The Morgan fingerprint density at radius 2 is 2.10 bits per heavy atom. The molecule has 2 N–H and O–H groups in total. The normalized spacial score (nSPS) is 10.6. The Morgan fingerprint density at radius 1 is 1.29 bits per heavy atom. The highest BCUT2D eigenvalue weighted by atomic mass is 16.3. The molecule has 0 radical (unpaired) electrons. The van der Waals surface area contributed by atoms with E-state index in [1.165, 1.54) is 0 Å². The number of hydrogen-bond acceptors (Lipinski definition) is 4. The van der Waals surface area contributed by atoms with Crippen molar-refractivity contribution in [3.63, 3.8) is 0 Å². The first-order chi connectivity index (χ1) is 10.2. The zero-order valence-corrected chi connectivity index (χ0v) is 12.4. The lowest BCUT2D eigenvalue weighted by atomic mass is 10.0. The summed E-state index contributed by atoms with van der Waals surface area (Å²) in [4.78, 5) is 16.2. The summed E-state index contributed by atoms with van der Waals surface area (Å²) in [6.07, 6.45) is 5.02. The number of hydrogen-bond donors (Lipinski definition) is 2. The van der Waals surface area contributed by atoms with Gasteiger partial charge in [0.25, 0.3) is 0 Å². The summed E-state index contributed by atoms with van der Waals surface area (Å²) in [5.41, 5.74) is 0.881. The molecule has 0 fully saturated rings. The van der Waals surface area contributed by atoms with E-state index >= 15 is 0 Å². The fourth-order valence-corrected chi connectivity index (χ4v) is 2.06. The number of nitrogens with one attached hydrogen (secondary N) is 2. The van der Waals surface area contributed by atoms with E-state index < -0.39 is 0 Å². The third-order valence-electron chi connectivity index (χ3n) is 3.42. The van der Waals surface area contributed by atoms with Gasteiger partial charge in [0.15, 0.2) is 0 Å². The second-order valence-corrected chi connectivity index (χ2v) is 4.87. The molecule has 112 valence electrons. The fourth-order valence-electron chi connectivity index (χ4n) is 2.06. The maximum atomic E-state index is 12.0. The maximum Gasteiger partial charge on any atom is 0.228 e. The van der Waals surface area contributed by atoms with Crippen LogP contribution in [0.15, 0.2) is 41.1 Å². The average molecular weight is 287 g/mol. The molecule has 0 aromatic carbocycles. The molecule has 0 unspecified atom stereocenters. The van der Waals surface area contributed by atoms with Gasteiger partial charge in [0.05, 0.1) is 24.7 Å². The van der Waals surface area contributed by atoms with Crippen molar-refractivity contribution in [2.24, 2.45) is 5.92 Å². The van der Waals surface area contributed by atoms with Crippen molar-refractivity contribution in [2.45, 2.75) is 33.2 Å². The lowest BCUT2D eigenvalue weighted by Gasteiger charge is -2.12. The lowest BCUT2D eigenvalue weighted by molar-refractivity contribution is -0.120. The molecule has 0 saturated heterocycles. The van der Waals surface area contributed by atoms with Gasteiger partial charge >= 0.3 is 0 Å². The van der Waals surface area contributed by atoms with Gasteiger partial charge in [-0.1, -0.05) is 13.8 Å². The van der Waals surface area contributed by atoms with E-state index in [4.69, 9.17) is 4.42 Å². The molecule has 2 heterocycles. The highest BCUT2D eigenvalue weighted by molar-refractivity contribution is 5.91. The third kappa shape index (κ3) is 4.34. The molecule has 0 bridgehead atoms. The monoisotopic (exact) mass is 287 g/mol. The second kappa shape index (κ2) is 7.47. The maximum absolute atomic E-state index is 12.0. The predicted molar refractivity (Wildman–Crippen MR) is 83.0 cm³/mol. The van der Waals surface area contributed by atoms with Crippen molar-refractivity contribution >= 4 is 17.4 Å². The summed E-state index contributed by atoms with van der Waals surface area (Å²) in [6, 6.07) is 7.44. The van der Waals surface area contributed by atoms with E-state index in [1.807, 2.05) is 32.0 Å². The number of carbonyl (C=O) groups excluding carboxylic acids is 1. The summed E-state index contributed by atoms with van der Waals surface area (Å²) in [7, 11) is 0. The first-order valence-corrected chi connectivity index (χ1v) is 7.26. The van der Waals surface area contributed by atoms with Crippen LogP contribution in [-0.2, 0) is 11.3 Å². The molecule has 5 nitrogen and oxygen atoms in total. The van der Waals surface area contributed by atoms with Crippen molar-refractivity contribution in [3.05, 3.63) is 42.5 Å². The van der Waals surface area contributed by atoms with Gasteiger partial charge in [-0.15, -0.1) is 0 Å². The molecule has 21 heavy (non-hydrogen) atoms. The van der Waals surface area contributed by atoms with Crippen LogP contribution in [0.3, 0.4) is 0 Å². The minimum Gasteiger partial charge on any atom is -0.467 e. The van der Waals surface area contributed by atoms with Crippen LogP contribution < -0.4 is 10.6 Å². The molecule has 1 amide bonds. The highest BCUT2D eigenvalue weighted by Gasteiger charge is 2.14.